The lowest BCUT2D eigenvalue weighted by Crippen LogP contribution is -2.40. The van der Waals surface area contributed by atoms with Gasteiger partial charge >= 0.3 is 5.97 Å². The van der Waals surface area contributed by atoms with Gasteiger partial charge in [-0.1, -0.05) is 13.0 Å². The highest BCUT2D eigenvalue weighted by molar-refractivity contribution is 8.00. The Hall–Kier alpha value is -1.23. The van der Waals surface area contributed by atoms with E-state index in [9.17, 15) is 27.1 Å². The van der Waals surface area contributed by atoms with Crippen molar-refractivity contribution >= 4 is 27.8 Å². The SMILES string of the molecule is Cc1ccc(S(=O)(=O)N2CCC[C@H]2C(=O)O)c(S[C@H](C)CCCNC2CCC(F)(F)CC2)c1. The van der Waals surface area contributed by atoms with Crippen LogP contribution < -0.4 is 5.32 Å². The molecule has 33 heavy (non-hydrogen) atoms. The van der Waals surface area contributed by atoms with Crippen molar-refractivity contribution in [2.24, 2.45) is 0 Å². The third kappa shape index (κ3) is 6.90. The van der Waals surface area contributed by atoms with Crippen LogP contribution in [0.2, 0.25) is 0 Å². The molecule has 2 N–H and O–H groups in total. The van der Waals surface area contributed by atoms with Crippen LogP contribution >= 0.6 is 11.8 Å². The molecule has 10 heteroatoms. The number of benzene rings is 1. The molecule has 186 valence electrons. The second-order valence-corrected chi connectivity index (χ2v) is 12.6. The van der Waals surface area contributed by atoms with Gasteiger partial charge in [-0.25, -0.2) is 17.2 Å². The van der Waals surface area contributed by atoms with Gasteiger partial charge in [-0.05, 0) is 69.7 Å². The molecule has 1 aromatic carbocycles. The number of alkyl halides is 2. The topological polar surface area (TPSA) is 86.7 Å². The smallest absolute Gasteiger partial charge is 0.322 e. The Labute approximate surface area is 199 Å². The minimum atomic E-state index is -3.92. The Morgan fingerprint density at radius 3 is 2.67 bits per heavy atom. The first-order valence-corrected chi connectivity index (χ1v) is 13.9. The Morgan fingerprint density at radius 2 is 2.00 bits per heavy atom. The van der Waals surface area contributed by atoms with Crippen LogP contribution in [0.3, 0.4) is 0 Å². The van der Waals surface area contributed by atoms with Gasteiger partial charge in [0.1, 0.15) is 6.04 Å². The fraction of sp³-hybridized carbons (Fsp3) is 0.696. The van der Waals surface area contributed by atoms with E-state index in [0.717, 1.165) is 29.3 Å². The summed E-state index contributed by atoms with van der Waals surface area (Å²) in [4.78, 5) is 12.4. The zero-order valence-electron chi connectivity index (χ0n) is 19.2. The van der Waals surface area contributed by atoms with Gasteiger partial charge in [-0.3, -0.25) is 4.79 Å². The molecule has 1 aliphatic heterocycles. The highest BCUT2D eigenvalue weighted by Gasteiger charge is 2.40. The number of halogens is 2. The van der Waals surface area contributed by atoms with Crippen molar-refractivity contribution in [3.8, 4) is 0 Å². The summed E-state index contributed by atoms with van der Waals surface area (Å²) < 4.78 is 54.3. The number of nitrogens with zero attached hydrogens (tertiary/aromatic N) is 1. The molecule has 0 radical (unpaired) electrons. The summed E-state index contributed by atoms with van der Waals surface area (Å²) in [7, 11) is -3.92. The van der Waals surface area contributed by atoms with E-state index in [0.29, 0.717) is 30.6 Å². The van der Waals surface area contributed by atoms with E-state index in [1.807, 2.05) is 19.9 Å². The summed E-state index contributed by atoms with van der Waals surface area (Å²) in [5, 5.41) is 13.0. The lowest BCUT2D eigenvalue weighted by molar-refractivity contribution is -0.140. The molecule has 0 amide bonds. The Bertz CT molecular complexity index is 932. The van der Waals surface area contributed by atoms with Gasteiger partial charge in [0.05, 0.1) is 4.90 Å². The number of rotatable bonds is 10. The Balaban J connectivity index is 1.58. The van der Waals surface area contributed by atoms with Crippen LogP contribution in [0.15, 0.2) is 28.0 Å². The van der Waals surface area contributed by atoms with Crippen molar-refractivity contribution in [3.05, 3.63) is 23.8 Å². The number of carboxylic acid groups (broad SMARTS) is 1. The number of carbonyl (C=O) groups is 1. The average Bonchev–Trinajstić information content (AvgIpc) is 3.23. The maximum Gasteiger partial charge on any atom is 0.322 e. The van der Waals surface area contributed by atoms with Crippen LogP contribution in [0.5, 0.6) is 0 Å². The van der Waals surface area contributed by atoms with E-state index in [1.54, 1.807) is 12.1 Å². The second-order valence-electron chi connectivity index (χ2n) is 9.22. The van der Waals surface area contributed by atoms with Crippen molar-refractivity contribution in [3.63, 3.8) is 0 Å². The Kier molecular flexibility index (Phi) is 8.80. The first-order chi connectivity index (χ1) is 15.5. The molecule has 1 saturated carbocycles. The minimum absolute atomic E-state index is 0.0543. The number of sulfonamides is 1. The predicted molar refractivity (Wildman–Crippen MR) is 125 cm³/mol. The molecule has 2 fully saturated rings. The van der Waals surface area contributed by atoms with Gasteiger partial charge in [0.15, 0.2) is 0 Å². The number of nitrogens with one attached hydrogen (secondary N) is 1. The molecule has 0 bridgehead atoms. The van der Waals surface area contributed by atoms with E-state index >= 15 is 0 Å². The third-order valence-corrected chi connectivity index (χ3v) is 9.77. The highest BCUT2D eigenvalue weighted by atomic mass is 32.2. The predicted octanol–water partition coefficient (Wildman–Crippen LogP) is 4.66. The Morgan fingerprint density at radius 1 is 1.30 bits per heavy atom. The standard InChI is InChI=1S/C23H34F2N2O4S2/c1-16-7-8-21(33(30,31)27-14-4-6-19(27)22(28)29)20(15-16)32-17(2)5-3-13-26-18-9-11-23(24,25)12-10-18/h7-8,15,17-19,26H,3-6,9-14H2,1-2H3,(H,28,29)/t17-,19+/m1/s1. The highest BCUT2D eigenvalue weighted by Crippen LogP contribution is 2.36. The van der Waals surface area contributed by atoms with Crippen LogP contribution in [0.25, 0.3) is 0 Å². The van der Waals surface area contributed by atoms with E-state index in [4.69, 9.17) is 0 Å². The summed E-state index contributed by atoms with van der Waals surface area (Å²) in [6.07, 6.45) is 3.45. The quantitative estimate of drug-likeness (QED) is 0.356. The molecule has 3 rings (SSSR count). The summed E-state index contributed by atoms with van der Waals surface area (Å²) in [5.74, 6) is -3.63. The molecule has 0 spiro atoms. The molecule has 1 aliphatic carbocycles. The van der Waals surface area contributed by atoms with E-state index in [1.165, 1.54) is 11.8 Å². The molecule has 6 nitrogen and oxygen atoms in total. The maximum absolute atomic E-state index is 13.3. The van der Waals surface area contributed by atoms with Gasteiger partial charge < -0.3 is 10.4 Å². The van der Waals surface area contributed by atoms with Gasteiger partial charge in [-0.2, -0.15) is 4.31 Å². The number of aliphatic carboxylic acids is 1. The van der Waals surface area contributed by atoms with Gasteiger partial charge in [0.2, 0.25) is 15.9 Å². The fourth-order valence-electron chi connectivity index (χ4n) is 4.54. The van der Waals surface area contributed by atoms with Crippen molar-refractivity contribution in [1.82, 2.24) is 9.62 Å². The zero-order chi connectivity index (χ0) is 24.2. The molecular formula is C23H34F2N2O4S2. The molecule has 2 atom stereocenters. The number of hydrogen-bond acceptors (Lipinski definition) is 5. The van der Waals surface area contributed by atoms with Gasteiger partial charge in [0, 0.05) is 35.6 Å². The zero-order valence-corrected chi connectivity index (χ0v) is 20.9. The molecule has 1 saturated heterocycles. The third-order valence-electron chi connectivity index (χ3n) is 6.44. The molecule has 1 aromatic rings. The fourth-order valence-corrected chi connectivity index (χ4v) is 7.86. The molecular weight excluding hydrogens is 470 g/mol. The van der Waals surface area contributed by atoms with Crippen LogP contribution in [-0.4, -0.2) is 60.1 Å². The largest absolute Gasteiger partial charge is 0.480 e. The van der Waals surface area contributed by atoms with Crippen molar-refractivity contribution < 1.29 is 27.1 Å². The van der Waals surface area contributed by atoms with Crippen molar-refractivity contribution in [1.29, 1.82) is 0 Å². The summed E-state index contributed by atoms with van der Waals surface area (Å²) in [6, 6.07) is 4.30. The summed E-state index contributed by atoms with van der Waals surface area (Å²) >= 11 is 1.49. The molecule has 0 aromatic heterocycles. The van der Waals surface area contributed by atoms with Crippen molar-refractivity contribution in [2.75, 3.05) is 13.1 Å². The molecule has 1 heterocycles. The van der Waals surface area contributed by atoms with Crippen LogP contribution in [0, 0.1) is 6.92 Å². The van der Waals surface area contributed by atoms with Crippen LogP contribution in [-0.2, 0) is 14.8 Å². The molecule has 2 aliphatic rings. The second kappa shape index (κ2) is 11.0. The van der Waals surface area contributed by atoms with Gasteiger partial charge in [0.25, 0.3) is 0 Å². The van der Waals surface area contributed by atoms with Crippen molar-refractivity contribution in [2.45, 2.75) is 98.3 Å². The van der Waals surface area contributed by atoms with Crippen LogP contribution in [0.4, 0.5) is 8.78 Å². The minimum Gasteiger partial charge on any atom is -0.480 e. The van der Waals surface area contributed by atoms with E-state index in [2.05, 4.69) is 5.32 Å². The molecule has 0 unspecified atom stereocenters. The van der Waals surface area contributed by atoms with Gasteiger partial charge in [-0.15, -0.1) is 11.8 Å². The van der Waals surface area contributed by atoms with E-state index in [-0.39, 0.29) is 35.6 Å². The summed E-state index contributed by atoms with van der Waals surface area (Å²) in [5.41, 5.74) is 0.940. The first kappa shape index (κ1) is 26.4. The number of carboxylic acids is 1. The maximum atomic E-state index is 13.3. The lowest BCUT2D eigenvalue weighted by atomic mass is 9.92. The number of hydrogen-bond donors (Lipinski definition) is 2. The summed E-state index contributed by atoms with van der Waals surface area (Å²) in [6.45, 7) is 4.90. The first-order valence-electron chi connectivity index (χ1n) is 11.6. The normalized spacial score (nSPS) is 23.0. The lowest BCUT2D eigenvalue weighted by Gasteiger charge is -2.29. The average molecular weight is 505 g/mol. The monoisotopic (exact) mass is 504 g/mol. The number of thioether (sulfide) groups is 1. The number of aryl methyl sites for hydroxylation is 1. The van der Waals surface area contributed by atoms with Crippen LogP contribution in [0.1, 0.15) is 63.9 Å². The van der Waals surface area contributed by atoms with E-state index < -0.39 is 28.0 Å².